The fraction of sp³-hybridized carbons (Fsp3) is 0.667. The quantitative estimate of drug-likeness (QED) is 0.433. The highest BCUT2D eigenvalue weighted by atomic mass is 16.5. The van der Waals surface area contributed by atoms with Crippen LogP contribution in [0.4, 0.5) is 0 Å². The average molecular weight is 260 g/mol. The number of aliphatic hydroxyl groups is 2. The van der Waals surface area contributed by atoms with Gasteiger partial charge in [0.1, 0.15) is 6.10 Å². The number of hydrogen-bond donors (Lipinski definition) is 3. The first-order chi connectivity index (χ1) is 8.31. The molecule has 0 aliphatic rings. The van der Waals surface area contributed by atoms with Crippen molar-refractivity contribution in [2.75, 3.05) is 0 Å². The molecule has 0 unspecified atom stereocenters. The molecule has 3 N–H and O–H groups in total. The summed E-state index contributed by atoms with van der Waals surface area (Å²) >= 11 is 0. The van der Waals surface area contributed by atoms with Crippen LogP contribution in [0.2, 0.25) is 0 Å². The SMILES string of the molecule is C[C@@H](O)CC[C@H](O)/C=C/C(=O)O[C@@H](C)CC(=O)O. The fourth-order valence-corrected chi connectivity index (χ4v) is 1.22. The largest absolute Gasteiger partial charge is 0.481 e. The monoisotopic (exact) mass is 260 g/mol. The highest BCUT2D eigenvalue weighted by Gasteiger charge is 2.11. The van der Waals surface area contributed by atoms with Gasteiger partial charge in [-0.25, -0.2) is 4.79 Å². The molecule has 0 radical (unpaired) electrons. The molecule has 18 heavy (non-hydrogen) atoms. The Kier molecular flexibility index (Phi) is 7.98. The lowest BCUT2D eigenvalue weighted by atomic mass is 10.1. The maximum Gasteiger partial charge on any atom is 0.330 e. The molecule has 3 atom stereocenters. The van der Waals surface area contributed by atoms with Crippen LogP contribution in [0.15, 0.2) is 12.2 Å². The van der Waals surface area contributed by atoms with Gasteiger partial charge in [-0.1, -0.05) is 0 Å². The molecule has 0 amide bonds. The van der Waals surface area contributed by atoms with Crippen LogP contribution in [0.25, 0.3) is 0 Å². The summed E-state index contributed by atoms with van der Waals surface area (Å²) in [5.41, 5.74) is 0. The summed E-state index contributed by atoms with van der Waals surface area (Å²) in [7, 11) is 0. The number of aliphatic carboxylic acids is 1. The molecule has 0 saturated carbocycles. The van der Waals surface area contributed by atoms with Crippen molar-refractivity contribution in [3.63, 3.8) is 0 Å². The number of rotatable bonds is 8. The predicted octanol–water partition coefficient (Wildman–Crippen LogP) is 0.471. The summed E-state index contributed by atoms with van der Waals surface area (Å²) in [6.45, 7) is 3.09. The van der Waals surface area contributed by atoms with E-state index >= 15 is 0 Å². The molecule has 0 fully saturated rings. The number of hydrogen-bond acceptors (Lipinski definition) is 5. The Bertz CT molecular complexity index is 297. The molecule has 0 aliphatic carbocycles. The zero-order valence-corrected chi connectivity index (χ0v) is 10.6. The van der Waals surface area contributed by atoms with Gasteiger partial charge >= 0.3 is 11.9 Å². The van der Waals surface area contributed by atoms with Gasteiger partial charge in [0.2, 0.25) is 0 Å². The smallest absolute Gasteiger partial charge is 0.330 e. The lowest BCUT2D eigenvalue weighted by molar-refractivity contribution is -0.147. The van der Waals surface area contributed by atoms with Crippen molar-refractivity contribution in [2.24, 2.45) is 0 Å². The Morgan fingerprint density at radius 3 is 2.33 bits per heavy atom. The van der Waals surface area contributed by atoms with Gasteiger partial charge < -0.3 is 20.1 Å². The molecule has 0 aromatic heterocycles. The number of carbonyl (C=O) groups excluding carboxylic acids is 1. The van der Waals surface area contributed by atoms with Crippen molar-refractivity contribution in [2.45, 2.75) is 51.4 Å². The number of aliphatic hydroxyl groups excluding tert-OH is 2. The van der Waals surface area contributed by atoms with Crippen molar-refractivity contribution < 1.29 is 29.6 Å². The third kappa shape index (κ3) is 9.80. The van der Waals surface area contributed by atoms with Gasteiger partial charge in [-0.3, -0.25) is 4.79 Å². The Morgan fingerprint density at radius 1 is 1.22 bits per heavy atom. The van der Waals surface area contributed by atoms with E-state index in [9.17, 15) is 14.7 Å². The maximum absolute atomic E-state index is 11.2. The molecule has 6 nitrogen and oxygen atoms in total. The Hall–Kier alpha value is -1.40. The van der Waals surface area contributed by atoms with E-state index < -0.39 is 30.3 Å². The number of carboxylic acids is 1. The summed E-state index contributed by atoms with van der Waals surface area (Å²) in [6.07, 6.45) is 0.780. The lowest BCUT2D eigenvalue weighted by Crippen LogP contribution is -2.17. The Morgan fingerprint density at radius 2 is 1.83 bits per heavy atom. The molecule has 0 aliphatic heterocycles. The van der Waals surface area contributed by atoms with Gasteiger partial charge in [0.15, 0.2) is 0 Å². The number of carbonyl (C=O) groups is 2. The average Bonchev–Trinajstić information content (AvgIpc) is 2.22. The molecule has 0 saturated heterocycles. The van der Waals surface area contributed by atoms with E-state index in [-0.39, 0.29) is 6.42 Å². The van der Waals surface area contributed by atoms with E-state index in [1.54, 1.807) is 6.92 Å². The second-order valence-corrected chi connectivity index (χ2v) is 4.20. The van der Waals surface area contributed by atoms with Gasteiger partial charge in [0, 0.05) is 6.08 Å². The summed E-state index contributed by atoms with van der Waals surface area (Å²) in [4.78, 5) is 21.5. The van der Waals surface area contributed by atoms with Crippen molar-refractivity contribution >= 4 is 11.9 Å². The van der Waals surface area contributed by atoms with E-state index in [0.717, 1.165) is 6.08 Å². The molecule has 0 heterocycles. The van der Waals surface area contributed by atoms with E-state index in [1.807, 2.05) is 0 Å². The molecular weight excluding hydrogens is 240 g/mol. The first-order valence-corrected chi connectivity index (χ1v) is 5.78. The van der Waals surface area contributed by atoms with Crippen LogP contribution in [0.1, 0.15) is 33.1 Å². The molecule has 0 bridgehead atoms. The molecule has 104 valence electrons. The highest BCUT2D eigenvalue weighted by Crippen LogP contribution is 2.03. The summed E-state index contributed by atoms with van der Waals surface area (Å²) in [5, 5.41) is 26.9. The second kappa shape index (κ2) is 8.66. The van der Waals surface area contributed by atoms with Crippen LogP contribution in [0.5, 0.6) is 0 Å². The van der Waals surface area contributed by atoms with Gasteiger partial charge in [-0.15, -0.1) is 0 Å². The maximum atomic E-state index is 11.2. The number of esters is 1. The topological polar surface area (TPSA) is 104 Å². The zero-order valence-electron chi connectivity index (χ0n) is 10.6. The van der Waals surface area contributed by atoms with Crippen molar-refractivity contribution in [1.82, 2.24) is 0 Å². The van der Waals surface area contributed by atoms with Crippen LogP contribution in [-0.2, 0) is 14.3 Å². The zero-order chi connectivity index (χ0) is 14.1. The van der Waals surface area contributed by atoms with Gasteiger partial charge in [-0.2, -0.15) is 0 Å². The third-order valence-electron chi connectivity index (χ3n) is 2.11. The Labute approximate surface area is 106 Å². The van der Waals surface area contributed by atoms with Crippen LogP contribution in [-0.4, -0.2) is 45.6 Å². The highest BCUT2D eigenvalue weighted by molar-refractivity contribution is 5.82. The molecule has 0 spiro atoms. The standard InChI is InChI=1S/C12H20O6/c1-8(13)3-4-10(14)5-6-12(17)18-9(2)7-11(15)16/h5-6,8-10,13-14H,3-4,7H2,1-2H3,(H,15,16)/b6-5+/t8-,9+,10+/m1/s1. The van der Waals surface area contributed by atoms with Crippen LogP contribution < -0.4 is 0 Å². The fourth-order valence-electron chi connectivity index (χ4n) is 1.22. The van der Waals surface area contributed by atoms with Crippen LogP contribution >= 0.6 is 0 Å². The van der Waals surface area contributed by atoms with Gasteiger partial charge in [-0.05, 0) is 32.8 Å². The minimum atomic E-state index is -1.05. The minimum absolute atomic E-state index is 0.260. The lowest BCUT2D eigenvalue weighted by Gasteiger charge is -2.09. The van der Waals surface area contributed by atoms with Crippen molar-refractivity contribution in [3.05, 3.63) is 12.2 Å². The van der Waals surface area contributed by atoms with E-state index in [1.165, 1.54) is 13.0 Å². The van der Waals surface area contributed by atoms with Crippen LogP contribution in [0, 0.1) is 0 Å². The molecule has 6 heteroatoms. The molecule has 0 rings (SSSR count). The summed E-state index contributed by atoms with van der Waals surface area (Å²) in [6, 6.07) is 0. The third-order valence-corrected chi connectivity index (χ3v) is 2.11. The minimum Gasteiger partial charge on any atom is -0.481 e. The van der Waals surface area contributed by atoms with Gasteiger partial charge in [0.05, 0.1) is 18.6 Å². The predicted molar refractivity (Wildman–Crippen MR) is 63.9 cm³/mol. The molecule has 0 aromatic rings. The first kappa shape index (κ1) is 16.6. The van der Waals surface area contributed by atoms with Crippen molar-refractivity contribution in [1.29, 1.82) is 0 Å². The van der Waals surface area contributed by atoms with E-state index in [0.29, 0.717) is 12.8 Å². The van der Waals surface area contributed by atoms with E-state index in [4.69, 9.17) is 14.9 Å². The second-order valence-electron chi connectivity index (χ2n) is 4.20. The van der Waals surface area contributed by atoms with Crippen LogP contribution in [0.3, 0.4) is 0 Å². The van der Waals surface area contributed by atoms with E-state index in [2.05, 4.69) is 0 Å². The molecular formula is C12H20O6. The van der Waals surface area contributed by atoms with Gasteiger partial charge in [0.25, 0.3) is 0 Å². The van der Waals surface area contributed by atoms with Crippen molar-refractivity contribution in [3.8, 4) is 0 Å². The number of carboxylic acid groups (broad SMARTS) is 1. The normalized spacial score (nSPS) is 16.2. The Balaban J connectivity index is 3.95. The summed E-state index contributed by atoms with van der Waals surface area (Å²) in [5.74, 6) is -1.74. The number of ether oxygens (including phenoxy) is 1. The summed E-state index contributed by atoms with van der Waals surface area (Å²) < 4.78 is 4.77. The first-order valence-electron chi connectivity index (χ1n) is 5.78. The molecule has 0 aromatic carbocycles.